The van der Waals surface area contributed by atoms with Crippen LogP contribution in [0.5, 0.6) is 11.5 Å². The van der Waals surface area contributed by atoms with Crippen LogP contribution in [0.25, 0.3) is 0 Å². The smallest absolute Gasteiger partial charge is 0.118 e. The van der Waals surface area contributed by atoms with Gasteiger partial charge in [-0.3, -0.25) is 4.90 Å². The van der Waals surface area contributed by atoms with Gasteiger partial charge in [0.05, 0.1) is 7.11 Å². The van der Waals surface area contributed by atoms with E-state index in [1.165, 1.54) is 5.56 Å². The number of nitrogens with zero attached hydrogens (tertiary/aromatic N) is 1. The Morgan fingerprint density at radius 1 is 1.04 bits per heavy atom. The van der Waals surface area contributed by atoms with Gasteiger partial charge in [-0.05, 0) is 73.2 Å². The van der Waals surface area contributed by atoms with E-state index in [2.05, 4.69) is 17.0 Å². The SMILES string of the molecule is COc1ccc(CC2(CO)CCN(Cc3cccc(O)c3)CC2)cc1. The van der Waals surface area contributed by atoms with Gasteiger partial charge in [-0.2, -0.15) is 0 Å². The lowest BCUT2D eigenvalue weighted by atomic mass is 9.74. The first-order valence-electron chi connectivity index (χ1n) is 8.86. The topological polar surface area (TPSA) is 52.9 Å². The van der Waals surface area contributed by atoms with Gasteiger partial charge in [-0.25, -0.2) is 0 Å². The molecule has 0 bridgehead atoms. The minimum atomic E-state index is -0.0378. The highest BCUT2D eigenvalue weighted by Gasteiger charge is 2.34. The normalized spacial score (nSPS) is 17.4. The van der Waals surface area contributed by atoms with Gasteiger partial charge in [0, 0.05) is 13.2 Å². The van der Waals surface area contributed by atoms with Crippen molar-refractivity contribution in [1.29, 1.82) is 0 Å². The van der Waals surface area contributed by atoms with Gasteiger partial charge in [0.15, 0.2) is 0 Å². The fourth-order valence-electron chi connectivity index (χ4n) is 3.67. The second-order valence-corrected chi connectivity index (χ2v) is 7.13. The first-order valence-corrected chi connectivity index (χ1v) is 8.86. The first kappa shape index (κ1) is 17.8. The minimum Gasteiger partial charge on any atom is -0.508 e. The van der Waals surface area contributed by atoms with E-state index in [1.807, 2.05) is 30.3 Å². The molecule has 1 saturated heterocycles. The lowest BCUT2D eigenvalue weighted by molar-refractivity contribution is 0.0413. The Balaban J connectivity index is 1.59. The highest BCUT2D eigenvalue weighted by molar-refractivity contribution is 5.28. The molecule has 1 aliphatic rings. The Labute approximate surface area is 149 Å². The molecule has 0 atom stereocenters. The Bertz CT molecular complexity index is 676. The zero-order valence-electron chi connectivity index (χ0n) is 14.8. The lowest BCUT2D eigenvalue weighted by Crippen LogP contribution is -2.42. The van der Waals surface area contributed by atoms with Crippen LogP contribution in [0.4, 0.5) is 0 Å². The number of hydrogen-bond acceptors (Lipinski definition) is 4. The molecule has 0 saturated carbocycles. The highest BCUT2D eigenvalue weighted by Crippen LogP contribution is 2.35. The number of rotatable bonds is 6. The molecule has 1 fully saturated rings. The van der Waals surface area contributed by atoms with Crippen LogP contribution >= 0.6 is 0 Å². The van der Waals surface area contributed by atoms with E-state index in [0.29, 0.717) is 5.75 Å². The summed E-state index contributed by atoms with van der Waals surface area (Å²) in [4.78, 5) is 2.40. The van der Waals surface area contributed by atoms with Crippen molar-refractivity contribution in [2.24, 2.45) is 5.41 Å². The van der Waals surface area contributed by atoms with E-state index in [1.54, 1.807) is 13.2 Å². The third kappa shape index (κ3) is 4.53. The summed E-state index contributed by atoms with van der Waals surface area (Å²) >= 11 is 0. The first-order chi connectivity index (χ1) is 12.1. The number of methoxy groups -OCH3 is 1. The predicted molar refractivity (Wildman–Crippen MR) is 98.8 cm³/mol. The summed E-state index contributed by atoms with van der Waals surface area (Å²) in [6.07, 6.45) is 2.86. The lowest BCUT2D eigenvalue weighted by Gasteiger charge is -2.41. The zero-order valence-corrected chi connectivity index (χ0v) is 14.8. The standard InChI is InChI=1S/C21H27NO3/c1-25-20-7-5-17(6-8-20)14-21(16-23)9-11-22(12-10-21)15-18-3-2-4-19(24)13-18/h2-8,13,23-24H,9-12,14-16H2,1H3. The number of aromatic hydroxyl groups is 1. The van der Waals surface area contributed by atoms with Crippen molar-refractivity contribution in [3.05, 3.63) is 59.7 Å². The number of hydrogen-bond donors (Lipinski definition) is 2. The number of benzene rings is 2. The molecule has 2 aromatic rings. The Morgan fingerprint density at radius 2 is 1.76 bits per heavy atom. The van der Waals surface area contributed by atoms with Crippen LogP contribution < -0.4 is 4.74 Å². The molecule has 3 rings (SSSR count). The van der Waals surface area contributed by atoms with Gasteiger partial charge in [0.25, 0.3) is 0 Å². The quantitative estimate of drug-likeness (QED) is 0.847. The number of aliphatic hydroxyl groups is 1. The van der Waals surface area contributed by atoms with Gasteiger partial charge in [-0.1, -0.05) is 24.3 Å². The van der Waals surface area contributed by atoms with Crippen LogP contribution in [0.2, 0.25) is 0 Å². The predicted octanol–water partition coefficient (Wildman–Crippen LogP) is 3.22. The van der Waals surface area contributed by atoms with Gasteiger partial charge in [0.1, 0.15) is 11.5 Å². The van der Waals surface area contributed by atoms with Crippen molar-refractivity contribution in [2.45, 2.75) is 25.8 Å². The molecular formula is C21H27NO3. The fourth-order valence-corrected chi connectivity index (χ4v) is 3.67. The number of piperidine rings is 1. The number of phenols is 1. The fraction of sp³-hybridized carbons (Fsp3) is 0.429. The summed E-state index contributed by atoms with van der Waals surface area (Å²) in [5, 5.41) is 19.6. The maximum atomic E-state index is 10.0. The van der Waals surface area contributed by atoms with Crippen molar-refractivity contribution in [3.8, 4) is 11.5 Å². The van der Waals surface area contributed by atoms with Crippen molar-refractivity contribution < 1.29 is 14.9 Å². The van der Waals surface area contributed by atoms with Crippen molar-refractivity contribution >= 4 is 0 Å². The molecule has 0 unspecified atom stereocenters. The molecule has 4 heteroatoms. The second-order valence-electron chi connectivity index (χ2n) is 7.13. The third-order valence-corrected chi connectivity index (χ3v) is 5.31. The van der Waals surface area contributed by atoms with Crippen LogP contribution in [0.1, 0.15) is 24.0 Å². The summed E-state index contributed by atoms with van der Waals surface area (Å²) in [5.74, 6) is 1.18. The number of aliphatic hydroxyl groups excluding tert-OH is 1. The summed E-state index contributed by atoms with van der Waals surface area (Å²) in [5.41, 5.74) is 2.34. The molecule has 0 spiro atoms. The van der Waals surface area contributed by atoms with Crippen LogP contribution in [0, 0.1) is 5.41 Å². The van der Waals surface area contributed by atoms with Crippen LogP contribution in [-0.2, 0) is 13.0 Å². The van der Waals surface area contributed by atoms with E-state index >= 15 is 0 Å². The summed E-state index contributed by atoms with van der Waals surface area (Å²) < 4.78 is 5.22. The van der Waals surface area contributed by atoms with E-state index in [0.717, 1.165) is 50.2 Å². The average Bonchev–Trinajstić information content (AvgIpc) is 2.64. The van der Waals surface area contributed by atoms with E-state index in [4.69, 9.17) is 4.74 Å². The Kier molecular flexibility index (Phi) is 5.61. The number of likely N-dealkylation sites (tertiary alicyclic amines) is 1. The second kappa shape index (κ2) is 7.89. The molecule has 0 aromatic heterocycles. The molecule has 0 radical (unpaired) electrons. The number of phenolic OH excluding ortho intramolecular Hbond substituents is 1. The van der Waals surface area contributed by atoms with E-state index in [-0.39, 0.29) is 12.0 Å². The Hall–Kier alpha value is -2.04. The molecule has 25 heavy (non-hydrogen) atoms. The zero-order chi connectivity index (χ0) is 17.7. The van der Waals surface area contributed by atoms with E-state index < -0.39 is 0 Å². The van der Waals surface area contributed by atoms with Crippen molar-refractivity contribution in [1.82, 2.24) is 4.90 Å². The van der Waals surface area contributed by atoms with Crippen LogP contribution in [0.15, 0.2) is 48.5 Å². The van der Waals surface area contributed by atoms with E-state index in [9.17, 15) is 10.2 Å². The van der Waals surface area contributed by atoms with Crippen LogP contribution in [0.3, 0.4) is 0 Å². The molecule has 1 heterocycles. The van der Waals surface area contributed by atoms with Gasteiger partial charge < -0.3 is 14.9 Å². The summed E-state index contributed by atoms with van der Waals surface area (Å²) in [6, 6.07) is 15.6. The molecule has 0 amide bonds. The molecule has 134 valence electrons. The van der Waals surface area contributed by atoms with Crippen LogP contribution in [-0.4, -0.2) is 41.9 Å². The molecule has 2 aromatic carbocycles. The molecule has 2 N–H and O–H groups in total. The highest BCUT2D eigenvalue weighted by atomic mass is 16.5. The van der Waals surface area contributed by atoms with Crippen molar-refractivity contribution in [3.63, 3.8) is 0 Å². The minimum absolute atomic E-state index is 0.0378. The summed E-state index contributed by atoms with van der Waals surface area (Å²) in [7, 11) is 1.67. The maximum Gasteiger partial charge on any atom is 0.118 e. The largest absolute Gasteiger partial charge is 0.508 e. The molecular weight excluding hydrogens is 314 g/mol. The third-order valence-electron chi connectivity index (χ3n) is 5.31. The van der Waals surface area contributed by atoms with Crippen molar-refractivity contribution in [2.75, 3.05) is 26.8 Å². The number of ether oxygens (including phenoxy) is 1. The molecule has 0 aliphatic carbocycles. The monoisotopic (exact) mass is 341 g/mol. The van der Waals surface area contributed by atoms with Gasteiger partial charge >= 0.3 is 0 Å². The average molecular weight is 341 g/mol. The molecule has 1 aliphatic heterocycles. The van der Waals surface area contributed by atoms with Gasteiger partial charge in [-0.15, -0.1) is 0 Å². The summed E-state index contributed by atoms with van der Waals surface area (Å²) in [6.45, 7) is 3.00. The Morgan fingerprint density at radius 3 is 2.36 bits per heavy atom. The van der Waals surface area contributed by atoms with Gasteiger partial charge in [0.2, 0.25) is 0 Å². The molecule has 4 nitrogen and oxygen atoms in total. The maximum absolute atomic E-state index is 10.0.